The van der Waals surface area contributed by atoms with Crippen LogP contribution in [-0.2, 0) is 25.8 Å². The number of hydrogen-bond donors (Lipinski definition) is 2. The molecule has 0 saturated carbocycles. The van der Waals surface area contributed by atoms with E-state index >= 15 is 0 Å². The molecule has 0 amide bonds. The van der Waals surface area contributed by atoms with Gasteiger partial charge in [-0.2, -0.15) is 0 Å². The number of hydrogen-bond acceptors (Lipinski definition) is 4. The zero-order valence-corrected chi connectivity index (χ0v) is 17.7. The predicted molar refractivity (Wildman–Crippen MR) is 116 cm³/mol. The van der Waals surface area contributed by atoms with Crippen LogP contribution in [-0.4, -0.2) is 16.8 Å². The van der Waals surface area contributed by atoms with Gasteiger partial charge in [0.25, 0.3) is 10.0 Å². The van der Waals surface area contributed by atoms with Crippen molar-refractivity contribution < 1.29 is 16.8 Å². The first-order valence-corrected chi connectivity index (χ1v) is 12.0. The van der Waals surface area contributed by atoms with E-state index in [1.54, 1.807) is 30.3 Å². The molecule has 3 rings (SSSR count). The molecule has 0 bridgehead atoms. The molecule has 0 heterocycles. The number of anilines is 2. The first kappa shape index (κ1) is 20.9. The molecule has 29 heavy (non-hydrogen) atoms. The lowest BCUT2D eigenvalue weighted by Gasteiger charge is -2.11. The summed E-state index contributed by atoms with van der Waals surface area (Å²) in [5, 5.41) is 0. The SMILES string of the molecule is Cc1cccc(CS(=O)(=O)Nc2ccc(S(=O)(=O)Nc3cccc(C)c3)cc2)c1. The first-order chi connectivity index (χ1) is 13.6. The van der Waals surface area contributed by atoms with E-state index in [-0.39, 0.29) is 10.6 Å². The lowest BCUT2D eigenvalue weighted by atomic mass is 10.2. The fourth-order valence-corrected chi connectivity index (χ4v) is 5.10. The van der Waals surface area contributed by atoms with Crippen LogP contribution in [0.5, 0.6) is 0 Å². The Kier molecular flexibility index (Phi) is 5.95. The molecule has 0 aliphatic carbocycles. The molecule has 6 nitrogen and oxygen atoms in total. The quantitative estimate of drug-likeness (QED) is 0.592. The lowest BCUT2D eigenvalue weighted by Crippen LogP contribution is -2.16. The Morgan fingerprint density at radius 3 is 1.93 bits per heavy atom. The van der Waals surface area contributed by atoms with E-state index in [9.17, 15) is 16.8 Å². The second-order valence-electron chi connectivity index (χ2n) is 6.85. The summed E-state index contributed by atoms with van der Waals surface area (Å²) in [6, 6.07) is 19.9. The normalized spacial score (nSPS) is 11.8. The molecule has 0 fully saturated rings. The summed E-state index contributed by atoms with van der Waals surface area (Å²) >= 11 is 0. The second-order valence-corrected chi connectivity index (χ2v) is 10.3. The molecule has 2 N–H and O–H groups in total. The molecule has 0 aromatic heterocycles. The average molecular weight is 431 g/mol. The monoisotopic (exact) mass is 430 g/mol. The van der Waals surface area contributed by atoms with Gasteiger partial charge >= 0.3 is 0 Å². The maximum Gasteiger partial charge on any atom is 0.261 e. The summed E-state index contributed by atoms with van der Waals surface area (Å²) in [5.41, 5.74) is 3.36. The Hall–Kier alpha value is -2.84. The minimum absolute atomic E-state index is 0.0423. The number of sulfonamides is 2. The van der Waals surface area contributed by atoms with Gasteiger partial charge in [-0.15, -0.1) is 0 Å². The third-order valence-electron chi connectivity index (χ3n) is 4.15. The summed E-state index contributed by atoms with van der Waals surface area (Å²) in [7, 11) is -7.39. The summed E-state index contributed by atoms with van der Waals surface area (Å²) < 4.78 is 54.8. The molecular formula is C21H22N2O4S2. The van der Waals surface area contributed by atoms with Gasteiger partial charge in [0.05, 0.1) is 10.6 Å². The fraction of sp³-hybridized carbons (Fsp3) is 0.143. The highest BCUT2D eigenvalue weighted by Crippen LogP contribution is 2.20. The molecule has 152 valence electrons. The van der Waals surface area contributed by atoms with E-state index in [0.717, 1.165) is 11.1 Å². The van der Waals surface area contributed by atoms with E-state index in [2.05, 4.69) is 9.44 Å². The standard InChI is InChI=1S/C21H22N2O4S2/c1-16-5-3-7-18(13-16)15-28(24,25)22-19-9-11-21(12-10-19)29(26,27)23-20-8-4-6-17(2)14-20/h3-14,22-23H,15H2,1-2H3. The highest BCUT2D eigenvalue weighted by molar-refractivity contribution is 7.92. The Balaban J connectivity index is 1.72. The summed E-state index contributed by atoms with van der Waals surface area (Å²) in [6.07, 6.45) is 0. The van der Waals surface area contributed by atoms with Gasteiger partial charge in [-0.25, -0.2) is 16.8 Å². The second kappa shape index (κ2) is 8.26. The average Bonchev–Trinajstić information content (AvgIpc) is 2.61. The van der Waals surface area contributed by atoms with Crippen molar-refractivity contribution in [3.05, 3.63) is 89.5 Å². The molecule has 0 saturated heterocycles. The zero-order valence-electron chi connectivity index (χ0n) is 16.1. The number of benzene rings is 3. The van der Waals surface area contributed by atoms with Crippen molar-refractivity contribution in [1.29, 1.82) is 0 Å². The molecule has 0 atom stereocenters. The summed E-state index contributed by atoms with van der Waals surface area (Å²) in [4.78, 5) is 0.0423. The maximum absolute atomic E-state index is 12.5. The van der Waals surface area contributed by atoms with Crippen molar-refractivity contribution in [3.8, 4) is 0 Å². The van der Waals surface area contributed by atoms with Gasteiger partial charge < -0.3 is 0 Å². The van der Waals surface area contributed by atoms with Gasteiger partial charge in [-0.05, 0) is 61.4 Å². The van der Waals surface area contributed by atoms with Crippen LogP contribution >= 0.6 is 0 Å². The van der Waals surface area contributed by atoms with Gasteiger partial charge in [0.15, 0.2) is 0 Å². The van der Waals surface area contributed by atoms with Crippen LogP contribution in [0.3, 0.4) is 0 Å². The minimum atomic E-state index is -3.77. The molecule has 3 aromatic rings. The Labute approximate surface area is 171 Å². The van der Waals surface area contributed by atoms with Crippen LogP contribution < -0.4 is 9.44 Å². The summed E-state index contributed by atoms with van der Waals surface area (Å²) in [5.74, 6) is -0.163. The van der Waals surface area contributed by atoms with Crippen LogP contribution in [0.15, 0.2) is 77.7 Å². The predicted octanol–water partition coefficient (Wildman–Crippen LogP) is 4.05. The molecule has 8 heteroatoms. The molecule has 0 spiro atoms. The van der Waals surface area contributed by atoms with Gasteiger partial charge in [0, 0.05) is 11.4 Å². The van der Waals surface area contributed by atoms with E-state index < -0.39 is 20.0 Å². The van der Waals surface area contributed by atoms with Crippen molar-refractivity contribution in [2.45, 2.75) is 24.5 Å². The smallest absolute Gasteiger partial charge is 0.261 e. The van der Waals surface area contributed by atoms with Crippen molar-refractivity contribution in [2.24, 2.45) is 0 Å². The van der Waals surface area contributed by atoms with Crippen LogP contribution in [0.1, 0.15) is 16.7 Å². The molecular weight excluding hydrogens is 408 g/mol. The lowest BCUT2D eigenvalue weighted by molar-refractivity contribution is 0.599. The van der Waals surface area contributed by atoms with Gasteiger partial charge in [0.2, 0.25) is 10.0 Å². The van der Waals surface area contributed by atoms with Gasteiger partial charge in [0.1, 0.15) is 0 Å². The largest absolute Gasteiger partial charge is 0.283 e. The van der Waals surface area contributed by atoms with Crippen LogP contribution in [0.25, 0.3) is 0 Å². The van der Waals surface area contributed by atoms with Crippen molar-refractivity contribution in [1.82, 2.24) is 0 Å². The number of rotatable bonds is 7. The van der Waals surface area contributed by atoms with E-state index in [0.29, 0.717) is 16.9 Å². The fourth-order valence-electron chi connectivity index (χ4n) is 2.86. The number of nitrogens with one attached hydrogen (secondary N) is 2. The highest BCUT2D eigenvalue weighted by atomic mass is 32.2. The van der Waals surface area contributed by atoms with Crippen LogP contribution in [0, 0.1) is 13.8 Å². The number of aryl methyl sites for hydroxylation is 2. The molecule has 0 aliphatic heterocycles. The van der Waals surface area contributed by atoms with Crippen molar-refractivity contribution in [3.63, 3.8) is 0 Å². The molecule has 3 aromatic carbocycles. The Morgan fingerprint density at radius 2 is 1.31 bits per heavy atom. The zero-order chi connectivity index (χ0) is 21.1. The minimum Gasteiger partial charge on any atom is -0.283 e. The third kappa shape index (κ3) is 5.82. The van der Waals surface area contributed by atoms with E-state index in [1.165, 1.54) is 24.3 Å². The first-order valence-electron chi connectivity index (χ1n) is 8.89. The van der Waals surface area contributed by atoms with Gasteiger partial charge in [-0.1, -0.05) is 42.0 Å². The molecule has 0 unspecified atom stereocenters. The van der Waals surface area contributed by atoms with E-state index in [1.807, 2.05) is 32.0 Å². The molecule has 0 radical (unpaired) electrons. The third-order valence-corrected chi connectivity index (χ3v) is 6.80. The summed E-state index contributed by atoms with van der Waals surface area (Å²) in [6.45, 7) is 3.77. The van der Waals surface area contributed by atoms with Gasteiger partial charge in [-0.3, -0.25) is 9.44 Å². The molecule has 0 aliphatic rings. The Bertz CT molecular complexity index is 1220. The topological polar surface area (TPSA) is 92.3 Å². The van der Waals surface area contributed by atoms with Crippen LogP contribution in [0.2, 0.25) is 0 Å². The highest BCUT2D eigenvalue weighted by Gasteiger charge is 2.16. The van der Waals surface area contributed by atoms with Crippen molar-refractivity contribution in [2.75, 3.05) is 9.44 Å². The maximum atomic E-state index is 12.5. The van der Waals surface area contributed by atoms with E-state index in [4.69, 9.17) is 0 Å². The van der Waals surface area contributed by atoms with Crippen molar-refractivity contribution >= 4 is 31.4 Å². The van der Waals surface area contributed by atoms with Crippen LogP contribution in [0.4, 0.5) is 11.4 Å². The Morgan fingerprint density at radius 1 is 0.690 bits per heavy atom.